The van der Waals surface area contributed by atoms with Gasteiger partial charge in [0, 0.05) is 64.1 Å². The summed E-state index contributed by atoms with van der Waals surface area (Å²) in [5, 5.41) is 0. The molecule has 1 aromatic heterocycles. The molecule has 0 bridgehead atoms. The maximum atomic E-state index is 13.8. The van der Waals surface area contributed by atoms with Crippen LogP contribution in [-0.4, -0.2) is 84.0 Å². The summed E-state index contributed by atoms with van der Waals surface area (Å²) >= 11 is 0. The molecule has 2 amide bonds. The summed E-state index contributed by atoms with van der Waals surface area (Å²) in [5.74, 6) is 2.01. The van der Waals surface area contributed by atoms with Crippen LogP contribution in [0, 0.1) is 0 Å². The van der Waals surface area contributed by atoms with Gasteiger partial charge in [0.25, 0.3) is 0 Å². The first-order chi connectivity index (χ1) is 20.6. The number of rotatable bonds is 10. The van der Waals surface area contributed by atoms with E-state index >= 15 is 0 Å². The van der Waals surface area contributed by atoms with E-state index in [-0.39, 0.29) is 11.8 Å². The summed E-state index contributed by atoms with van der Waals surface area (Å²) in [6, 6.07) is 15.2. The molecule has 2 aromatic carbocycles. The van der Waals surface area contributed by atoms with Crippen LogP contribution in [0.3, 0.4) is 0 Å². The van der Waals surface area contributed by atoms with Crippen molar-refractivity contribution in [1.82, 2.24) is 19.8 Å². The van der Waals surface area contributed by atoms with Crippen LogP contribution in [-0.2, 0) is 22.7 Å². The molecule has 1 atom stereocenters. The van der Waals surface area contributed by atoms with Crippen LogP contribution in [0.5, 0.6) is 11.5 Å². The first-order valence-corrected chi connectivity index (χ1v) is 14.8. The molecule has 4 heterocycles. The fourth-order valence-electron chi connectivity index (χ4n) is 6.11. The molecule has 0 saturated carbocycles. The number of fused-ring (bicyclic) bond motifs is 2. The van der Waals surface area contributed by atoms with Crippen LogP contribution in [0.2, 0.25) is 0 Å². The van der Waals surface area contributed by atoms with Crippen molar-refractivity contribution in [3.05, 3.63) is 72.1 Å². The van der Waals surface area contributed by atoms with Crippen molar-refractivity contribution >= 4 is 23.5 Å². The summed E-state index contributed by atoms with van der Waals surface area (Å²) in [5.41, 5.74) is 2.77. The molecule has 0 radical (unpaired) electrons. The number of amides is 2. The normalized spacial score (nSPS) is 19.0. The zero-order chi connectivity index (χ0) is 28.9. The monoisotopic (exact) mass is 570 g/mol. The van der Waals surface area contributed by atoms with E-state index in [0.29, 0.717) is 44.0 Å². The molecule has 2 saturated heterocycles. The van der Waals surface area contributed by atoms with Crippen molar-refractivity contribution in [3.8, 4) is 11.5 Å². The Kier molecular flexibility index (Phi) is 8.50. The minimum Gasteiger partial charge on any atom is -0.493 e. The van der Waals surface area contributed by atoms with E-state index in [0.717, 1.165) is 68.3 Å². The summed E-state index contributed by atoms with van der Waals surface area (Å²) in [6.45, 7) is 6.10. The Morgan fingerprint density at radius 3 is 2.43 bits per heavy atom. The maximum absolute atomic E-state index is 13.8. The van der Waals surface area contributed by atoms with Crippen LogP contribution >= 0.6 is 0 Å². The average molecular weight is 571 g/mol. The van der Waals surface area contributed by atoms with E-state index < -0.39 is 6.04 Å². The predicted octanol–water partition coefficient (Wildman–Crippen LogP) is 3.50. The van der Waals surface area contributed by atoms with E-state index in [4.69, 9.17) is 9.47 Å². The van der Waals surface area contributed by atoms with E-state index in [1.54, 1.807) is 24.4 Å². The third-order valence-electron chi connectivity index (χ3n) is 8.43. The third-order valence-corrected chi connectivity index (χ3v) is 8.43. The second kappa shape index (κ2) is 12.8. The highest BCUT2D eigenvalue weighted by Crippen LogP contribution is 2.40. The van der Waals surface area contributed by atoms with Gasteiger partial charge in [-0.05, 0) is 49.1 Å². The molecule has 10 heteroatoms. The molecule has 10 nitrogen and oxygen atoms in total. The number of nitrogens with zero attached hydrogens (tertiary/aromatic N) is 6. The molecule has 220 valence electrons. The Morgan fingerprint density at radius 1 is 0.905 bits per heavy atom. The molecule has 3 aliphatic heterocycles. The van der Waals surface area contributed by atoms with Gasteiger partial charge in [-0.2, -0.15) is 0 Å². The Balaban J connectivity index is 1.13. The second-order valence-corrected chi connectivity index (χ2v) is 11.1. The van der Waals surface area contributed by atoms with Crippen LogP contribution in [0.4, 0.5) is 11.6 Å². The summed E-state index contributed by atoms with van der Waals surface area (Å²) in [4.78, 5) is 43.7. The number of unbranched alkanes of at least 4 members (excludes halogenated alkanes) is 1. The van der Waals surface area contributed by atoms with Gasteiger partial charge in [0.15, 0.2) is 11.5 Å². The number of hydrogen-bond donors (Lipinski definition) is 0. The standard InChI is InChI=1S/C32H38N6O4/c1-41-28-21-27-25(20-29(28)42-23-24-8-3-2-4-9-24)22-38-26(10-11-30(38)39)31(40)37(27)15-6-5-14-35-16-18-36(19-17-35)32-33-12-7-13-34-32/h2-4,7-9,12-13,20-21,26H,5-6,10-11,14-19,22-23H2,1H3/t26-/m0/s1. The molecule has 2 fully saturated rings. The van der Waals surface area contributed by atoms with Gasteiger partial charge in [0.05, 0.1) is 12.8 Å². The third kappa shape index (κ3) is 6.04. The topological polar surface area (TPSA) is 91.3 Å². The molecule has 0 N–H and O–H groups in total. The lowest BCUT2D eigenvalue weighted by Crippen LogP contribution is -2.47. The second-order valence-electron chi connectivity index (χ2n) is 11.1. The number of aromatic nitrogens is 2. The van der Waals surface area contributed by atoms with Gasteiger partial charge in [-0.25, -0.2) is 9.97 Å². The van der Waals surface area contributed by atoms with Crippen LogP contribution in [0.1, 0.15) is 36.8 Å². The Morgan fingerprint density at radius 2 is 1.67 bits per heavy atom. The Hall–Kier alpha value is -4.18. The molecule has 0 unspecified atom stereocenters. The molecular weight excluding hydrogens is 532 g/mol. The van der Waals surface area contributed by atoms with Crippen molar-refractivity contribution in [1.29, 1.82) is 0 Å². The molecule has 6 rings (SSSR count). The van der Waals surface area contributed by atoms with Gasteiger partial charge < -0.3 is 24.2 Å². The molecule has 3 aliphatic rings. The average Bonchev–Trinajstić information content (AvgIpc) is 3.35. The highest BCUT2D eigenvalue weighted by molar-refractivity contribution is 6.02. The van der Waals surface area contributed by atoms with Crippen molar-refractivity contribution in [3.63, 3.8) is 0 Å². The summed E-state index contributed by atoms with van der Waals surface area (Å²) < 4.78 is 11.9. The number of methoxy groups -OCH3 is 1. The fourth-order valence-corrected chi connectivity index (χ4v) is 6.11. The number of carbonyl (C=O) groups excluding carboxylic acids is 2. The highest BCUT2D eigenvalue weighted by atomic mass is 16.5. The van der Waals surface area contributed by atoms with Gasteiger partial charge >= 0.3 is 0 Å². The van der Waals surface area contributed by atoms with Crippen LogP contribution in [0.15, 0.2) is 60.9 Å². The van der Waals surface area contributed by atoms with Crippen LogP contribution < -0.4 is 19.3 Å². The molecule has 0 spiro atoms. The number of ether oxygens (including phenoxy) is 2. The fraction of sp³-hybridized carbons (Fsp3) is 0.438. The smallest absolute Gasteiger partial charge is 0.249 e. The Bertz CT molecular complexity index is 1380. The molecular formula is C32H38N6O4. The predicted molar refractivity (Wildman–Crippen MR) is 160 cm³/mol. The highest BCUT2D eigenvalue weighted by Gasteiger charge is 2.42. The van der Waals surface area contributed by atoms with Gasteiger partial charge in [-0.3, -0.25) is 14.5 Å². The lowest BCUT2D eigenvalue weighted by atomic mass is 10.1. The zero-order valence-electron chi connectivity index (χ0n) is 24.2. The van der Waals surface area contributed by atoms with Crippen molar-refractivity contribution in [2.75, 3.05) is 56.2 Å². The van der Waals surface area contributed by atoms with E-state index in [1.807, 2.05) is 53.4 Å². The SMILES string of the molecule is COc1cc2c(cc1OCc1ccccc1)CN1C(=O)CC[C@H]1C(=O)N2CCCCN1CCN(c2ncccn2)CC1. The zero-order valence-corrected chi connectivity index (χ0v) is 24.2. The van der Waals surface area contributed by atoms with Crippen molar-refractivity contribution in [2.45, 2.75) is 44.9 Å². The maximum Gasteiger partial charge on any atom is 0.249 e. The summed E-state index contributed by atoms with van der Waals surface area (Å²) in [6.07, 6.45) is 6.38. The van der Waals surface area contributed by atoms with E-state index in [1.165, 1.54) is 0 Å². The van der Waals surface area contributed by atoms with Gasteiger partial charge in [0.1, 0.15) is 12.6 Å². The lowest BCUT2D eigenvalue weighted by molar-refractivity contribution is -0.134. The molecule has 0 aliphatic carbocycles. The van der Waals surface area contributed by atoms with Crippen molar-refractivity contribution < 1.29 is 19.1 Å². The first kappa shape index (κ1) is 28.0. The lowest BCUT2D eigenvalue weighted by Gasteiger charge is -2.34. The molecule has 42 heavy (non-hydrogen) atoms. The number of benzene rings is 2. The largest absolute Gasteiger partial charge is 0.493 e. The molecule has 3 aromatic rings. The van der Waals surface area contributed by atoms with Gasteiger partial charge in [0.2, 0.25) is 17.8 Å². The Labute approximate surface area is 246 Å². The quantitative estimate of drug-likeness (QED) is 0.342. The minimum absolute atomic E-state index is 0.00363. The number of carbonyl (C=O) groups is 2. The van der Waals surface area contributed by atoms with E-state index in [9.17, 15) is 9.59 Å². The number of piperazine rings is 1. The summed E-state index contributed by atoms with van der Waals surface area (Å²) in [7, 11) is 1.62. The first-order valence-electron chi connectivity index (χ1n) is 14.8. The number of hydrogen-bond acceptors (Lipinski definition) is 8. The van der Waals surface area contributed by atoms with Crippen molar-refractivity contribution in [2.24, 2.45) is 0 Å². The van der Waals surface area contributed by atoms with Gasteiger partial charge in [-0.15, -0.1) is 0 Å². The van der Waals surface area contributed by atoms with E-state index in [2.05, 4.69) is 19.8 Å². The van der Waals surface area contributed by atoms with Gasteiger partial charge in [-0.1, -0.05) is 30.3 Å². The van der Waals surface area contributed by atoms with Crippen LogP contribution in [0.25, 0.3) is 0 Å². The minimum atomic E-state index is -0.419. The number of anilines is 2.